The van der Waals surface area contributed by atoms with Gasteiger partial charge in [-0.05, 0) is 31.0 Å². The van der Waals surface area contributed by atoms with Crippen LogP contribution < -0.4 is 4.90 Å². The van der Waals surface area contributed by atoms with Crippen molar-refractivity contribution in [3.8, 4) is 0 Å². The Morgan fingerprint density at radius 2 is 2.00 bits per heavy atom. The van der Waals surface area contributed by atoms with Crippen molar-refractivity contribution in [2.75, 3.05) is 32.1 Å². The predicted octanol–water partition coefficient (Wildman–Crippen LogP) is 1.63. The quantitative estimate of drug-likeness (QED) is 0.581. The predicted molar refractivity (Wildman–Crippen MR) is 115 cm³/mol. The summed E-state index contributed by atoms with van der Waals surface area (Å²) in [4.78, 5) is 30.1. The van der Waals surface area contributed by atoms with Gasteiger partial charge in [-0.15, -0.1) is 0 Å². The molecule has 1 unspecified atom stereocenters. The standard InChI is InChI=1S/C24H30N2O5/c1-5-22-11-8-13-26-14-12-23(18(22)26)16-9-6-7-10-17(16)25(3)19(23)24(29,21(28)30-4)20(22)31-15(2)27/h6-11,18-20,29H,5,12-14H2,1-4H3/t18-,19+,20?,22+,23+,24-/m0/s1. The van der Waals surface area contributed by atoms with Crippen molar-refractivity contribution < 1.29 is 24.2 Å². The van der Waals surface area contributed by atoms with Crippen molar-refractivity contribution in [1.29, 1.82) is 0 Å². The molecule has 0 bridgehead atoms. The summed E-state index contributed by atoms with van der Waals surface area (Å²) in [6, 6.07) is 7.53. The van der Waals surface area contributed by atoms with Crippen LogP contribution in [0.2, 0.25) is 0 Å². The number of carbonyl (C=O) groups excluding carboxylic acids is 2. The second kappa shape index (κ2) is 6.56. The smallest absolute Gasteiger partial charge is 0.344 e. The molecule has 1 aromatic carbocycles. The summed E-state index contributed by atoms with van der Waals surface area (Å²) >= 11 is 0. The molecule has 1 saturated heterocycles. The van der Waals surface area contributed by atoms with Crippen LogP contribution >= 0.6 is 0 Å². The molecule has 2 fully saturated rings. The Hall–Kier alpha value is -2.38. The fourth-order valence-electron chi connectivity index (χ4n) is 7.53. The largest absolute Gasteiger partial charge is 0.467 e. The number of nitrogens with zero attached hydrogens (tertiary/aromatic N) is 2. The summed E-state index contributed by atoms with van der Waals surface area (Å²) in [6.45, 7) is 5.02. The molecule has 1 aliphatic carbocycles. The summed E-state index contributed by atoms with van der Waals surface area (Å²) in [5.41, 5.74) is -1.10. The molecular formula is C24H30N2O5. The number of carbonyl (C=O) groups is 2. The SMILES string of the molecule is CC[C@]12C=CCN3CC[C@@]4(c5ccccc5N(C)[C@H]4[C@@](O)(C(=O)OC)C1OC(C)=O)[C@@H]32. The number of para-hydroxylation sites is 1. The molecule has 3 aliphatic heterocycles. The zero-order valence-electron chi connectivity index (χ0n) is 18.5. The van der Waals surface area contributed by atoms with Gasteiger partial charge in [0.2, 0.25) is 5.60 Å². The number of likely N-dealkylation sites (N-methyl/N-ethyl adjacent to an activating group) is 1. The van der Waals surface area contributed by atoms with E-state index in [1.807, 2.05) is 37.1 Å². The van der Waals surface area contributed by atoms with Gasteiger partial charge in [0.1, 0.15) is 0 Å². The molecule has 1 saturated carbocycles. The van der Waals surface area contributed by atoms with E-state index in [1.54, 1.807) is 0 Å². The van der Waals surface area contributed by atoms with Crippen molar-refractivity contribution in [3.63, 3.8) is 0 Å². The van der Waals surface area contributed by atoms with E-state index in [4.69, 9.17) is 9.47 Å². The molecule has 1 aromatic rings. The first-order chi connectivity index (χ1) is 14.8. The van der Waals surface area contributed by atoms with Gasteiger partial charge in [-0.3, -0.25) is 9.69 Å². The van der Waals surface area contributed by atoms with Crippen LogP contribution in [0.1, 0.15) is 32.3 Å². The number of rotatable bonds is 3. The monoisotopic (exact) mass is 426 g/mol. The van der Waals surface area contributed by atoms with Gasteiger partial charge >= 0.3 is 11.9 Å². The van der Waals surface area contributed by atoms with Gasteiger partial charge in [-0.1, -0.05) is 37.3 Å². The van der Waals surface area contributed by atoms with E-state index in [2.05, 4.69) is 23.1 Å². The molecule has 0 amide bonds. The topological polar surface area (TPSA) is 79.3 Å². The number of fused-ring (bicyclic) bond motifs is 1. The fourth-order valence-corrected chi connectivity index (χ4v) is 7.53. The number of aliphatic hydroxyl groups is 1. The van der Waals surface area contributed by atoms with Crippen molar-refractivity contribution in [2.24, 2.45) is 5.41 Å². The minimum absolute atomic E-state index is 0.0135. The van der Waals surface area contributed by atoms with Crippen molar-refractivity contribution in [2.45, 2.75) is 55.9 Å². The highest BCUT2D eigenvalue weighted by molar-refractivity contribution is 5.86. The molecule has 3 heterocycles. The molecule has 1 spiro atoms. The van der Waals surface area contributed by atoms with E-state index in [0.717, 1.165) is 30.8 Å². The second-order valence-corrected chi connectivity index (χ2v) is 9.39. The van der Waals surface area contributed by atoms with Crippen molar-refractivity contribution >= 4 is 17.6 Å². The lowest BCUT2D eigenvalue weighted by molar-refractivity contribution is -0.228. The third kappa shape index (κ3) is 2.21. The molecular weight excluding hydrogens is 396 g/mol. The first kappa shape index (κ1) is 20.5. The van der Waals surface area contributed by atoms with E-state index < -0.39 is 40.5 Å². The summed E-state index contributed by atoms with van der Waals surface area (Å²) in [7, 11) is 3.19. The zero-order valence-corrected chi connectivity index (χ0v) is 18.5. The number of hydrogen-bond donors (Lipinski definition) is 1. The molecule has 7 heteroatoms. The van der Waals surface area contributed by atoms with Crippen LogP contribution in [0, 0.1) is 5.41 Å². The number of benzene rings is 1. The van der Waals surface area contributed by atoms with Gasteiger partial charge in [-0.2, -0.15) is 0 Å². The molecule has 7 nitrogen and oxygen atoms in total. The lowest BCUT2D eigenvalue weighted by Crippen LogP contribution is -2.81. The Morgan fingerprint density at radius 3 is 2.68 bits per heavy atom. The van der Waals surface area contributed by atoms with Gasteiger partial charge in [0.05, 0.1) is 13.2 Å². The third-order valence-corrected chi connectivity index (χ3v) is 8.32. The van der Waals surface area contributed by atoms with Gasteiger partial charge < -0.3 is 19.5 Å². The summed E-state index contributed by atoms with van der Waals surface area (Å²) in [5, 5.41) is 12.4. The van der Waals surface area contributed by atoms with Gasteiger partial charge in [-0.25, -0.2) is 4.79 Å². The Bertz CT molecular complexity index is 978. The average Bonchev–Trinajstić information content (AvgIpc) is 3.28. The molecule has 0 radical (unpaired) electrons. The van der Waals surface area contributed by atoms with Crippen LogP contribution in [0.5, 0.6) is 0 Å². The maximum absolute atomic E-state index is 13.4. The highest BCUT2D eigenvalue weighted by Gasteiger charge is 2.80. The maximum atomic E-state index is 13.4. The zero-order chi connectivity index (χ0) is 22.2. The number of methoxy groups -OCH3 is 1. The van der Waals surface area contributed by atoms with Crippen LogP contribution in [0.4, 0.5) is 5.69 Å². The van der Waals surface area contributed by atoms with Crippen LogP contribution in [0.15, 0.2) is 36.4 Å². The molecule has 0 aromatic heterocycles. The Kier molecular flexibility index (Phi) is 4.34. The minimum atomic E-state index is -2.03. The lowest BCUT2D eigenvalue weighted by atomic mass is 9.47. The Morgan fingerprint density at radius 1 is 1.26 bits per heavy atom. The van der Waals surface area contributed by atoms with Crippen LogP contribution in [-0.4, -0.2) is 73.0 Å². The number of ether oxygens (including phenoxy) is 2. The average molecular weight is 427 g/mol. The first-order valence-electron chi connectivity index (χ1n) is 11.0. The van der Waals surface area contributed by atoms with Gasteiger partial charge in [0, 0.05) is 43.1 Å². The normalized spacial score (nSPS) is 40.2. The summed E-state index contributed by atoms with van der Waals surface area (Å²) in [5.74, 6) is -1.28. The number of hydrogen-bond acceptors (Lipinski definition) is 7. The Labute approximate surface area is 182 Å². The molecule has 5 rings (SSSR count). The lowest BCUT2D eigenvalue weighted by Gasteiger charge is -2.63. The molecule has 166 valence electrons. The fraction of sp³-hybridized carbons (Fsp3) is 0.583. The van der Waals surface area contributed by atoms with Crippen molar-refractivity contribution in [1.82, 2.24) is 4.90 Å². The third-order valence-electron chi connectivity index (χ3n) is 8.32. The van der Waals surface area contributed by atoms with E-state index in [9.17, 15) is 14.7 Å². The molecule has 1 N–H and O–H groups in total. The summed E-state index contributed by atoms with van der Waals surface area (Å²) in [6.07, 6.45) is 4.52. The highest BCUT2D eigenvalue weighted by Crippen LogP contribution is 2.67. The molecule has 4 aliphatic rings. The minimum Gasteiger partial charge on any atom is -0.467 e. The second-order valence-electron chi connectivity index (χ2n) is 9.39. The maximum Gasteiger partial charge on any atom is 0.344 e. The summed E-state index contributed by atoms with van der Waals surface area (Å²) < 4.78 is 11.1. The number of esters is 2. The van der Waals surface area contributed by atoms with E-state index in [-0.39, 0.29) is 6.04 Å². The first-order valence-corrected chi connectivity index (χ1v) is 11.0. The highest BCUT2D eigenvalue weighted by atomic mass is 16.6. The van der Waals surface area contributed by atoms with Crippen LogP contribution in [0.25, 0.3) is 0 Å². The number of anilines is 1. The molecule has 6 atom stereocenters. The van der Waals surface area contributed by atoms with Gasteiger partial charge in [0.15, 0.2) is 6.10 Å². The van der Waals surface area contributed by atoms with Gasteiger partial charge in [0.25, 0.3) is 0 Å². The van der Waals surface area contributed by atoms with E-state index in [1.165, 1.54) is 14.0 Å². The van der Waals surface area contributed by atoms with E-state index in [0.29, 0.717) is 6.42 Å². The van der Waals surface area contributed by atoms with E-state index >= 15 is 0 Å². The van der Waals surface area contributed by atoms with Crippen LogP contribution in [0.3, 0.4) is 0 Å². The Balaban J connectivity index is 1.87. The molecule has 31 heavy (non-hydrogen) atoms. The van der Waals surface area contributed by atoms with Crippen molar-refractivity contribution in [3.05, 3.63) is 42.0 Å². The van der Waals surface area contributed by atoms with Crippen LogP contribution in [-0.2, 0) is 24.5 Å².